The second-order valence-electron chi connectivity index (χ2n) is 11.5. The van der Waals surface area contributed by atoms with Gasteiger partial charge in [0.2, 0.25) is 10.9 Å². The van der Waals surface area contributed by atoms with Gasteiger partial charge in [0.05, 0.1) is 23.4 Å². The van der Waals surface area contributed by atoms with Crippen molar-refractivity contribution in [1.82, 2.24) is 4.90 Å². The quantitative estimate of drug-likeness (QED) is 0.711. The van der Waals surface area contributed by atoms with Crippen LogP contribution in [0.25, 0.3) is 0 Å². The number of nitrogens with one attached hydrogen (secondary N) is 1. The fourth-order valence-electron chi connectivity index (χ4n) is 7.99. The Morgan fingerprint density at radius 3 is 2.76 bits per heavy atom. The second-order valence-corrected chi connectivity index (χ2v) is 12.7. The monoisotopic (exact) mass is 479 g/mol. The van der Waals surface area contributed by atoms with Crippen molar-refractivity contribution in [3.8, 4) is 0 Å². The summed E-state index contributed by atoms with van der Waals surface area (Å²) in [7, 11) is 0. The number of aryl methyl sites for hydroxylation is 2. The Morgan fingerprint density at radius 1 is 1.12 bits per heavy atom. The Labute approximate surface area is 208 Å². The molecule has 6 rings (SSSR count). The summed E-state index contributed by atoms with van der Waals surface area (Å²) in [5.41, 5.74) is 2.95. The molecular formula is C29H41N3OS+2. The zero-order valence-electron chi connectivity index (χ0n) is 20.7. The predicted molar refractivity (Wildman–Crippen MR) is 136 cm³/mol. The number of thiazole rings is 1. The van der Waals surface area contributed by atoms with Gasteiger partial charge in [0.1, 0.15) is 5.92 Å². The van der Waals surface area contributed by atoms with Crippen LogP contribution in [-0.2, 0) is 16.6 Å². The summed E-state index contributed by atoms with van der Waals surface area (Å²) in [5.74, 6) is 1.90. The molecule has 3 fully saturated rings. The maximum Gasteiger partial charge on any atom is 0.232 e. The summed E-state index contributed by atoms with van der Waals surface area (Å²) < 4.78 is 0. The number of amides is 1. The van der Waals surface area contributed by atoms with E-state index in [4.69, 9.17) is 0 Å². The molecule has 1 aromatic heterocycles. The number of hydrogen-bond acceptors (Lipinski definition) is 2. The van der Waals surface area contributed by atoms with Gasteiger partial charge in [-0.25, -0.2) is 4.98 Å². The lowest BCUT2D eigenvalue weighted by Crippen LogP contribution is -2.82. The molecule has 1 saturated carbocycles. The molecule has 3 heterocycles. The first-order chi connectivity index (χ1) is 16.7. The van der Waals surface area contributed by atoms with Gasteiger partial charge in [-0.3, -0.25) is 4.79 Å². The van der Waals surface area contributed by atoms with E-state index in [1.54, 1.807) is 0 Å². The highest BCUT2D eigenvalue weighted by Gasteiger charge is 2.57. The Morgan fingerprint density at radius 2 is 1.94 bits per heavy atom. The summed E-state index contributed by atoms with van der Waals surface area (Å²) in [6.07, 6.45) is 12.5. The molecule has 4 nitrogen and oxygen atoms in total. The van der Waals surface area contributed by atoms with E-state index >= 15 is 0 Å². The van der Waals surface area contributed by atoms with Gasteiger partial charge in [-0.05, 0) is 55.9 Å². The largest absolute Gasteiger partial charge is 0.345 e. The van der Waals surface area contributed by atoms with Crippen LogP contribution in [0.1, 0.15) is 84.8 Å². The molecule has 2 saturated heterocycles. The second kappa shape index (κ2) is 9.39. The van der Waals surface area contributed by atoms with Crippen molar-refractivity contribution in [2.24, 2.45) is 11.8 Å². The van der Waals surface area contributed by atoms with Crippen LogP contribution in [0.4, 0.5) is 0 Å². The molecule has 2 aromatic rings. The molecule has 5 heteroatoms. The number of hydrogen-bond donors (Lipinski definition) is 1. The molecule has 2 aliphatic heterocycles. The SMILES string of the molecule is Cc1[nH+]c2c(s1)[C@]1(CCC2)C[NH2+]C[C@H]1C(=O)N1CC[C@@H](c2ccccc2)C[C@H]1C1CCCCC1. The molecule has 2 aliphatic carbocycles. The van der Waals surface area contributed by atoms with Crippen molar-refractivity contribution in [3.05, 3.63) is 51.5 Å². The smallest absolute Gasteiger partial charge is 0.232 e. The summed E-state index contributed by atoms with van der Waals surface area (Å²) >= 11 is 1.93. The molecule has 3 N–H and O–H groups in total. The minimum absolute atomic E-state index is 0.0491. The van der Waals surface area contributed by atoms with Crippen molar-refractivity contribution in [2.45, 2.75) is 88.5 Å². The van der Waals surface area contributed by atoms with Gasteiger partial charge in [0, 0.05) is 25.9 Å². The van der Waals surface area contributed by atoms with Gasteiger partial charge in [-0.15, -0.1) is 0 Å². The van der Waals surface area contributed by atoms with Crippen LogP contribution in [0.2, 0.25) is 0 Å². The number of rotatable bonds is 3. The highest BCUT2D eigenvalue weighted by Crippen LogP contribution is 2.47. The van der Waals surface area contributed by atoms with Crippen molar-refractivity contribution < 1.29 is 15.1 Å². The number of carbonyl (C=O) groups excluding carboxylic acids is 1. The highest BCUT2D eigenvalue weighted by molar-refractivity contribution is 7.11. The van der Waals surface area contributed by atoms with Crippen molar-refractivity contribution in [1.29, 1.82) is 0 Å². The Bertz CT molecular complexity index is 1010. The first kappa shape index (κ1) is 22.7. The molecule has 1 spiro atoms. The minimum Gasteiger partial charge on any atom is -0.345 e. The number of likely N-dealkylation sites (tertiary alicyclic amines) is 1. The molecule has 34 heavy (non-hydrogen) atoms. The summed E-state index contributed by atoms with van der Waals surface area (Å²) in [6, 6.07) is 11.5. The average Bonchev–Trinajstić information content (AvgIpc) is 3.48. The van der Waals surface area contributed by atoms with Crippen LogP contribution in [0, 0.1) is 18.8 Å². The Hall–Kier alpha value is -1.72. The zero-order valence-corrected chi connectivity index (χ0v) is 21.5. The first-order valence-electron chi connectivity index (χ1n) is 13.8. The number of piperidine rings is 1. The maximum atomic E-state index is 14.5. The number of carbonyl (C=O) groups is 1. The topological polar surface area (TPSA) is 51.1 Å². The Balaban J connectivity index is 1.30. The van der Waals surface area contributed by atoms with Crippen LogP contribution in [0.3, 0.4) is 0 Å². The van der Waals surface area contributed by atoms with E-state index in [9.17, 15) is 4.79 Å². The molecule has 1 aromatic carbocycles. The third-order valence-electron chi connectivity index (χ3n) is 9.63. The van der Waals surface area contributed by atoms with E-state index in [1.165, 1.54) is 66.1 Å². The van der Waals surface area contributed by atoms with E-state index in [-0.39, 0.29) is 11.3 Å². The molecule has 182 valence electrons. The van der Waals surface area contributed by atoms with Gasteiger partial charge < -0.3 is 10.2 Å². The number of benzene rings is 1. The van der Waals surface area contributed by atoms with Gasteiger partial charge in [-0.1, -0.05) is 60.9 Å². The van der Waals surface area contributed by atoms with Crippen LogP contribution < -0.4 is 10.3 Å². The number of nitrogens with zero attached hydrogens (tertiary/aromatic N) is 1. The van der Waals surface area contributed by atoms with E-state index in [2.05, 4.69) is 52.5 Å². The standard InChI is InChI=1S/C29H39N3OS/c1-20-31-25-13-8-15-29(27(25)34-20)19-30-18-24(29)28(33)32-16-14-23(21-9-4-2-5-10-21)17-26(32)22-11-6-3-7-12-22/h2,4-5,9-10,22-24,26,30H,3,6-8,11-19H2,1H3/p+2/t23-,24+,26+,29-/m1/s1. The van der Waals surface area contributed by atoms with Crippen LogP contribution >= 0.6 is 11.3 Å². The van der Waals surface area contributed by atoms with Gasteiger partial charge in [-0.2, -0.15) is 0 Å². The molecule has 0 bridgehead atoms. The van der Waals surface area contributed by atoms with Crippen LogP contribution in [0.5, 0.6) is 0 Å². The molecule has 4 aliphatic rings. The summed E-state index contributed by atoms with van der Waals surface area (Å²) in [4.78, 5) is 22.1. The van der Waals surface area contributed by atoms with Gasteiger partial charge in [0.25, 0.3) is 0 Å². The lowest BCUT2D eigenvalue weighted by atomic mass is 9.68. The third kappa shape index (κ3) is 3.93. The van der Waals surface area contributed by atoms with E-state index in [0.29, 0.717) is 23.8 Å². The lowest BCUT2D eigenvalue weighted by molar-refractivity contribution is -0.640. The van der Waals surface area contributed by atoms with Crippen LogP contribution in [-0.4, -0.2) is 36.5 Å². The number of quaternary nitrogens is 1. The molecule has 0 radical (unpaired) electrons. The zero-order chi connectivity index (χ0) is 23.1. The van der Waals surface area contributed by atoms with E-state index < -0.39 is 0 Å². The Kier molecular flexibility index (Phi) is 6.27. The molecule has 1 amide bonds. The normalized spacial score (nSPS) is 32.1. The highest BCUT2D eigenvalue weighted by atomic mass is 32.1. The summed E-state index contributed by atoms with van der Waals surface area (Å²) in [6.45, 7) is 5.18. The van der Waals surface area contributed by atoms with E-state index in [1.807, 2.05) is 11.3 Å². The lowest BCUT2D eigenvalue weighted by Gasteiger charge is -2.46. The van der Waals surface area contributed by atoms with Gasteiger partial charge >= 0.3 is 0 Å². The molecule has 0 unspecified atom stereocenters. The summed E-state index contributed by atoms with van der Waals surface area (Å²) in [5, 5.41) is 3.74. The maximum absolute atomic E-state index is 14.5. The van der Waals surface area contributed by atoms with Crippen molar-refractivity contribution >= 4 is 17.2 Å². The van der Waals surface area contributed by atoms with Crippen LogP contribution in [0.15, 0.2) is 30.3 Å². The first-order valence-corrected chi connectivity index (χ1v) is 14.7. The van der Waals surface area contributed by atoms with Crippen molar-refractivity contribution in [2.75, 3.05) is 19.6 Å². The third-order valence-corrected chi connectivity index (χ3v) is 10.9. The number of aromatic nitrogens is 1. The number of aromatic amines is 1. The predicted octanol–water partition coefficient (Wildman–Crippen LogP) is 3.99. The fourth-order valence-corrected chi connectivity index (χ4v) is 9.27. The van der Waals surface area contributed by atoms with E-state index in [0.717, 1.165) is 38.9 Å². The molecule has 4 atom stereocenters. The molecular weight excluding hydrogens is 438 g/mol. The average molecular weight is 480 g/mol. The van der Waals surface area contributed by atoms with Gasteiger partial charge in [0.15, 0.2) is 5.69 Å². The fraction of sp³-hybridized carbons (Fsp3) is 0.655. The number of nitrogens with two attached hydrogens (primary N) is 1. The number of fused-ring (bicyclic) bond motifs is 2. The van der Waals surface area contributed by atoms with Crippen molar-refractivity contribution in [3.63, 3.8) is 0 Å². The minimum atomic E-state index is 0.0491. The number of H-pyrrole nitrogens is 1.